The quantitative estimate of drug-likeness (QED) is 0.740. The van der Waals surface area contributed by atoms with E-state index < -0.39 is 0 Å². The summed E-state index contributed by atoms with van der Waals surface area (Å²) in [5.41, 5.74) is 2.81. The summed E-state index contributed by atoms with van der Waals surface area (Å²) in [6.07, 6.45) is 5.68. The minimum Gasteiger partial charge on any atom is -0.378 e. The highest BCUT2D eigenvalue weighted by Crippen LogP contribution is 2.23. The van der Waals surface area contributed by atoms with Crippen LogP contribution >= 0.6 is 27.5 Å². The van der Waals surface area contributed by atoms with E-state index in [0.717, 1.165) is 21.5 Å². The number of aromatic nitrogens is 3. The molecule has 96 valence electrons. The number of halogens is 2. The largest absolute Gasteiger partial charge is 0.378 e. The second-order valence-corrected chi connectivity index (χ2v) is 5.26. The lowest BCUT2D eigenvalue weighted by atomic mass is 10.4. The molecular weight excluding hydrogens is 328 g/mol. The number of fused-ring (bicyclic) bond motifs is 1. The van der Waals surface area contributed by atoms with E-state index in [-0.39, 0.29) is 0 Å². The van der Waals surface area contributed by atoms with Crippen LogP contribution in [0.4, 0.5) is 5.69 Å². The molecule has 0 radical (unpaired) electrons. The van der Waals surface area contributed by atoms with Gasteiger partial charge in [0.15, 0.2) is 0 Å². The van der Waals surface area contributed by atoms with Gasteiger partial charge in [0.25, 0.3) is 0 Å². The lowest BCUT2D eigenvalue weighted by Gasteiger charge is -2.04. The predicted molar refractivity (Wildman–Crippen MR) is 79.5 cm³/mol. The van der Waals surface area contributed by atoms with E-state index >= 15 is 0 Å². The van der Waals surface area contributed by atoms with Crippen molar-refractivity contribution in [3.05, 3.63) is 58.2 Å². The highest BCUT2D eigenvalue weighted by molar-refractivity contribution is 9.10. The number of imidazole rings is 1. The standard InChI is InChI=1S/C13H10BrClN4/c14-11-5-9(6-17-13(11)15)16-7-10-8-19-4-2-1-3-12(19)18-10/h1-6,8,16H,7H2. The maximum absolute atomic E-state index is 5.85. The summed E-state index contributed by atoms with van der Waals surface area (Å²) in [6, 6.07) is 7.82. The third-order valence-electron chi connectivity index (χ3n) is 2.68. The van der Waals surface area contributed by atoms with Gasteiger partial charge in [-0.15, -0.1) is 0 Å². The second-order valence-electron chi connectivity index (χ2n) is 4.05. The molecule has 3 heterocycles. The maximum atomic E-state index is 5.85. The highest BCUT2D eigenvalue weighted by atomic mass is 79.9. The van der Waals surface area contributed by atoms with Crippen LogP contribution in [0.3, 0.4) is 0 Å². The third kappa shape index (κ3) is 2.72. The van der Waals surface area contributed by atoms with Crippen molar-refractivity contribution in [1.29, 1.82) is 0 Å². The zero-order valence-electron chi connectivity index (χ0n) is 9.85. The lowest BCUT2D eigenvalue weighted by Crippen LogP contribution is -2.00. The minimum atomic E-state index is 0.457. The molecule has 3 aromatic rings. The van der Waals surface area contributed by atoms with Crippen molar-refractivity contribution in [3.8, 4) is 0 Å². The molecule has 0 amide bonds. The van der Waals surface area contributed by atoms with E-state index in [4.69, 9.17) is 11.6 Å². The van der Waals surface area contributed by atoms with Gasteiger partial charge in [-0.2, -0.15) is 0 Å². The Kier molecular flexibility index (Phi) is 3.40. The first-order valence-corrected chi connectivity index (χ1v) is 6.87. The van der Waals surface area contributed by atoms with Crippen LogP contribution in [0.5, 0.6) is 0 Å². The van der Waals surface area contributed by atoms with Crippen molar-refractivity contribution in [2.24, 2.45) is 0 Å². The van der Waals surface area contributed by atoms with Crippen molar-refractivity contribution in [3.63, 3.8) is 0 Å². The molecule has 0 spiro atoms. The average Bonchev–Trinajstić information content (AvgIpc) is 2.83. The van der Waals surface area contributed by atoms with Gasteiger partial charge >= 0.3 is 0 Å². The number of nitrogens with zero attached hydrogens (tertiary/aromatic N) is 3. The second kappa shape index (κ2) is 5.19. The van der Waals surface area contributed by atoms with Crippen LogP contribution in [0.1, 0.15) is 5.69 Å². The summed E-state index contributed by atoms with van der Waals surface area (Å²) in [5, 5.41) is 3.72. The molecule has 4 nitrogen and oxygen atoms in total. The van der Waals surface area contributed by atoms with Crippen LogP contribution in [-0.2, 0) is 6.54 Å². The molecule has 0 aliphatic rings. The number of rotatable bonds is 3. The fourth-order valence-electron chi connectivity index (χ4n) is 1.78. The number of anilines is 1. The van der Waals surface area contributed by atoms with Gasteiger partial charge < -0.3 is 9.72 Å². The molecule has 0 saturated heterocycles. The Labute approximate surface area is 123 Å². The first-order valence-electron chi connectivity index (χ1n) is 5.70. The van der Waals surface area contributed by atoms with Gasteiger partial charge in [-0.1, -0.05) is 17.7 Å². The Morgan fingerprint density at radius 2 is 2.26 bits per heavy atom. The number of hydrogen-bond donors (Lipinski definition) is 1. The molecule has 0 fully saturated rings. The number of nitrogens with one attached hydrogen (secondary N) is 1. The van der Waals surface area contributed by atoms with Gasteiger partial charge in [0, 0.05) is 12.4 Å². The first-order chi connectivity index (χ1) is 9.22. The molecule has 0 atom stereocenters. The van der Waals surface area contributed by atoms with Crippen molar-refractivity contribution in [1.82, 2.24) is 14.4 Å². The van der Waals surface area contributed by atoms with E-state index in [0.29, 0.717) is 11.7 Å². The molecule has 0 saturated carbocycles. The maximum Gasteiger partial charge on any atom is 0.143 e. The van der Waals surface area contributed by atoms with E-state index in [9.17, 15) is 0 Å². The van der Waals surface area contributed by atoms with Gasteiger partial charge in [0.05, 0.1) is 28.6 Å². The molecule has 6 heteroatoms. The van der Waals surface area contributed by atoms with Gasteiger partial charge in [-0.25, -0.2) is 9.97 Å². The minimum absolute atomic E-state index is 0.457. The molecule has 3 aromatic heterocycles. The SMILES string of the molecule is Clc1ncc(NCc2cn3ccccc3n2)cc1Br. The Bertz CT molecular complexity index is 692. The normalized spacial score (nSPS) is 10.8. The zero-order valence-corrected chi connectivity index (χ0v) is 12.2. The molecule has 0 aromatic carbocycles. The van der Waals surface area contributed by atoms with E-state index in [1.54, 1.807) is 6.20 Å². The van der Waals surface area contributed by atoms with Crippen LogP contribution in [0.15, 0.2) is 47.3 Å². The molecule has 0 bridgehead atoms. The Morgan fingerprint density at radius 1 is 1.37 bits per heavy atom. The average molecular weight is 338 g/mol. The molecule has 3 rings (SSSR count). The smallest absolute Gasteiger partial charge is 0.143 e. The Hall–Kier alpha value is -1.59. The van der Waals surface area contributed by atoms with Crippen LogP contribution in [0, 0.1) is 0 Å². The number of pyridine rings is 2. The molecule has 0 aliphatic heterocycles. The monoisotopic (exact) mass is 336 g/mol. The van der Waals surface area contributed by atoms with Gasteiger partial charge in [0.1, 0.15) is 10.8 Å². The van der Waals surface area contributed by atoms with Crippen molar-refractivity contribution in [2.45, 2.75) is 6.54 Å². The van der Waals surface area contributed by atoms with E-state index in [1.165, 1.54) is 0 Å². The Balaban J connectivity index is 1.76. The summed E-state index contributed by atoms with van der Waals surface area (Å²) in [7, 11) is 0. The van der Waals surface area contributed by atoms with Crippen LogP contribution in [0.25, 0.3) is 5.65 Å². The summed E-state index contributed by atoms with van der Waals surface area (Å²) >= 11 is 9.20. The summed E-state index contributed by atoms with van der Waals surface area (Å²) in [6.45, 7) is 0.636. The predicted octanol–water partition coefficient (Wildman–Crippen LogP) is 3.76. The van der Waals surface area contributed by atoms with Crippen molar-refractivity contribution in [2.75, 3.05) is 5.32 Å². The van der Waals surface area contributed by atoms with Gasteiger partial charge in [-0.3, -0.25) is 0 Å². The topological polar surface area (TPSA) is 42.2 Å². The zero-order chi connectivity index (χ0) is 13.2. The fraction of sp³-hybridized carbons (Fsp3) is 0.0769. The molecule has 1 N–H and O–H groups in total. The summed E-state index contributed by atoms with van der Waals surface area (Å²) in [4.78, 5) is 8.57. The van der Waals surface area contributed by atoms with Crippen LogP contribution in [-0.4, -0.2) is 14.4 Å². The summed E-state index contributed by atoms with van der Waals surface area (Å²) in [5.74, 6) is 0. The molecule has 0 unspecified atom stereocenters. The highest BCUT2D eigenvalue weighted by Gasteiger charge is 2.03. The number of hydrogen-bond acceptors (Lipinski definition) is 3. The third-order valence-corrected chi connectivity index (χ3v) is 3.82. The summed E-state index contributed by atoms with van der Waals surface area (Å²) < 4.78 is 2.77. The Morgan fingerprint density at radius 3 is 3.05 bits per heavy atom. The molecule has 0 aliphatic carbocycles. The van der Waals surface area contributed by atoms with Crippen molar-refractivity contribution >= 4 is 38.9 Å². The van der Waals surface area contributed by atoms with E-state index in [2.05, 4.69) is 31.2 Å². The first kappa shape index (κ1) is 12.4. The lowest BCUT2D eigenvalue weighted by molar-refractivity contribution is 1.07. The van der Waals surface area contributed by atoms with Gasteiger partial charge in [-0.05, 0) is 34.1 Å². The molecular formula is C13H10BrClN4. The van der Waals surface area contributed by atoms with Crippen LogP contribution in [0.2, 0.25) is 5.15 Å². The van der Waals surface area contributed by atoms with E-state index in [1.807, 2.05) is 41.1 Å². The van der Waals surface area contributed by atoms with Crippen molar-refractivity contribution < 1.29 is 0 Å². The molecule has 19 heavy (non-hydrogen) atoms. The van der Waals surface area contributed by atoms with Gasteiger partial charge in [0.2, 0.25) is 0 Å². The van der Waals surface area contributed by atoms with Crippen LogP contribution < -0.4 is 5.32 Å². The fourth-order valence-corrected chi connectivity index (χ4v) is 2.24.